The Balaban J connectivity index is 1.66. The standard InChI is InChI=1S/C16H15ClFNO2/c17-13-7-11(8-15-16(13)21-6-5-20-15)9-19-10-12-3-1-2-4-14(12)18/h1-4,7-8,19H,5-6,9-10H2. The van der Waals surface area contributed by atoms with Crippen LogP contribution in [0.15, 0.2) is 36.4 Å². The number of ether oxygens (including phenoxy) is 2. The summed E-state index contributed by atoms with van der Waals surface area (Å²) >= 11 is 6.18. The van der Waals surface area contributed by atoms with Crippen molar-refractivity contribution in [3.63, 3.8) is 0 Å². The van der Waals surface area contributed by atoms with Gasteiger partial charge in [-0.15, -0.1) is 0 Å². The molecule has 2 aromatic carbocycles. The first-order chi connectivity index (χ1) is 10.2. The molecule has 1 aliphatic rings. The summed E-state index contributed by atoms with van der Waals surface area (Å²) in [5.41, 5.74) is 1.61. The smallest absolute Gasteiger partial charge is 0.179 e. The molecule has 0 fully saturated rings. The monoisotopic (exact) mass is 307 g/mol. The van der Waals surface area contributed by atoms with E-state index < -0.39 is 0 Å². The summed E-state index contributed by atoms with van der Waals surface area (Å²) in [6.45, 7) is 2.07. The van der Waals surface area contributed by atoms with E-state index in [1.54, 1.807) is 12.1 Å². The van der Waals surface area contributed by atoms with E-state index in [1.165, 1.54) is 6.07 Å². The first-order valence-corrected chi connectivity index (χ1v) is 7.14. The molecule has 0 bridgehead atoms. The third kappa shape index (κ3) is 3.28. The van der Waals surface area contributed by atoms with Crippen molar-refractivity contribution < 1.29 is 13.9 Å². The van der Waals surface area contributed by atoms with Gasteiger partial charge in [-0.3, -0.25) is 0 Å². The number of hydrogen-bond acceptors (Lipinski definition) is 3. The maximum atomic E-state index is 13.5. The zero-order valence-corrected chi connectivity index (χ0v) is 12.1. The van der Waals surface area contributed by atoms with Crippen molar-refractivity contribution in [1.29, 1.82) is 0 Å². The van der Waals surface area contributed by atoms with E-state index in [9.17, 15) is 4.39 Å². The van der Waals surface area contributed by atoms with Gasteiger partial charge < -0.3 is 14.8 Å². The highest BCUT2D eigenvalue weighted by Crippen LogP contribution is 2.38. The molecule has 1 N–H and O–H groups in total. The molecule has 0 aliphatic carbocycles. The van der Waals surface area contributed by atoms with Crippen molar-refractivity contribution in [1.82, 2.24) is 5.32 Å². The summed E-state index contributed by atoms with van der Waals surface area (Å²) in [6.07, 6.45) is 0. The molecule has 3 rings (SSSR count). The van der Waals surface area contributed by atoms with E-state index in [1.807, 2.05) is 18.2 Å². The number of rotatable bonds is 4. The fourth-order valence-corrected chi connectivity index (χ4v) is 2.54. The average molecular weight is 308 g/mol. The summed E-state index contributed by atoms with van der Waals surface area (Å²) in [5.74, 6) is 1.06. The van der Waals surface area contributed by atoms with Crippen LogP contribution in [0.5, 0.6) is 11.5 Å². The van der Waals surface area contributed by atoms with Crippen molar-refractivity contribution in [3.8, 4) is 11.5 Å². The van der Waals surface area contributed by atoms with Gasteiger partial charge in [0.2, 0.25) is 0 Å². The second kappa shape index (κ2) is 6.33. The van der Waals surface area contributed by atoms with Crippen molar-refractivity contribution in [2.45, 2.75) is 13.1 Å². The molecule has 21 heavy (non-hydrogen) atoms. The number of fused-ring (bicyclic) bond motifs is 1. The molecular weight excluding hydrogens is 293 g/mol. The lowest BCUT2D eigenvalue weighted by molar-refractivity contribution is 0.171. The Morgan fingerprint density at radius 2 is 1.90 bits per heavy atom. The predicted molar refractivity (Wildman–Crippen MR) is 79.4 cm³/mol. The highest BCUT2D eigenvalue weighted by molar-refractivity contribution is 6.32. The van der Waals surface area contributed by atoms with Crippen molar-refractivity contribution >= 4 is 11.6 Å². The molecule has 2 aromatic rings. The maximum absolute atomic E-state index is 13.5. The van der Waals surface area contributed by atoms with Gasteiger partial charge in [0.1, 0.15) is 19.0 Å². The number of nitrogens with one attached hydrogen (secondary N) is 1. The molecule has 0 aromatic heterocycles. The third-order valence-corrected chi connectivity index (χ3v) is 3.54. The second-order valence-corrected chi connectivity index (χ2v) is 5.20. The Labute approximate surface area is 127 Å². The Kier molecular flexibility index (Phi) is 4.27. The van der Waals surface area contributed by atoms with Gasteiger partial charge >= 0.3 is 0 Å². The molecule has 0 saturated heterocycles. The Hall–Kier alpha value is -1.78. The summed E-state index contributed by atoms with van der Waals surface area (Å²) in [7, 11) is 0. The highest BCUT2D eigenvalue weighted by atomic mass is 35.5. The van der Waals surface area contributed by atoms with Crippen molar-refractivity contribution in [2.24, 2.45) is 0 Å². The van der Waals surface area contributed by atoms with Crippen LogP contribution >= 0.6 is 11.6 Å². The molecule has 3 nitrogen and oxygen atoms in total. The lowest BCUT2D eigenvalue weighted by Gasteiger charge is -2.20. The van der Waals surface area contributed by atoms with Gasteiger partial charge in [0.05, 0.1) is 5.02 Å². The minimum Gasteiger partial charge on any atom is -0.486 e. The van der Waals surface area contributed by atoms with Crippen molar-refractivity contribution in [3.05, 3.63) is 58.4 Å². The van der Waals surface area contributed by atoms with Crippen LogP contribution < -0.4 is 14.8 Å². The van der Waals surface area contributed by atoms with Crippen LogP contribution in [0.1, 0.15) is 11.1 Å². The molecule has 0 saturated carbocycles. The van der Waals surface area contributed by atoms with Gasteiger partial charge in [0, 0.05) is 18.7 Å². The first kappa shape index (κ1) is 14.2. The van der Waals surface area contributed by atoms with Crippen LogP contribution in [-0.4, -0.2) is 13.2 Å². The van der Waals surface area contributed by atoms with E-state index in [4.69, 9.17) is 21.1 Å². The summed E-state index contributed by atoms with van der Waals surface area (Å²) < 4.78 is 24.5. The van der Waals surface area contributed by atoms with E-state index in [0.29, 0.717) is 48.4 Å². The number of halogens is 2. The molecule has 110 valence electrons. The van der Waals surface area contributed by atoms with Gasteiger partial charge in [-0.05, 0) is 23.8 Å². The molecule has 5 heteroatoms. The molecule has 0 amide bonds. The molecule has 1 aliphatic heterocycles. The van der Waals surface area contributed by atoms with E-state index >= 15 is 0 Å². The van der Waals surface area contributed by atoms with E-state index in [0.717, 1.165) is 5.56 Å². The summed E-state index contributed by atoms with van der Waals surface area (Å²) in [6, 6.07) is 10.5. The first-order valence-electron chi connectivity index (χ1n) is 6.76. The molecule has 0 atom stereocenters. The van der Waals surface area contributed by atoms with E-state index in [2.05, 4.69) is 5.32 Å². The molecule has 0 spiro atoms. The van der Waals surface area contributed by atoms with Crippen LogP contribution in [-0.2, 0) is 13.1 Å². The summed E-state index contributed by atoms with van der Waals surface area (Å²) in [4.78, 5) is 0. The molecule has 1 heterocycles. The molecule has 0 unspecified atom stereocenters. The van der Waals surface area contributed by atoms with Crippen LogP contribution in [0.25, 0.3) is 0 Å². The third-order valence-electron chi connectivity index (χ3n) is 3.26. The summed E-state index contributed by atoms with van der Waals surface area (Å²) in [5, 5.41) is 3.73. The number of hydrogen-bond donors (Lipinski definition) is 1. The fraction of sp³-hybridized carbons (Fsp3) is 0.250. The molecular formula is C16H15ClFNO2. The van der Waals surface area contributed by atoms with Gasteiger partial charge in [-0.1, -0.05) is 29.8 Å². The van der Waals surface area contributed by atoms with Gasteiger partial charge in [0.15, 0.2) is 11.5 Å². The lowest BCUT2D eigenvalue weighted by atomic mass is 10.1. The quantitative estimate of drug-likeness (QED) is 0.937. The van der Waals surface area contributed by atoms with Crippen LogP contribution in [0, 0.1) is 5.82 Å². The average Bonchev–Trinajstić information content (AvgIpc) is 2.49. The topological polar surface area (TPSA) is 30.5 Å². The zero-order chi connectivity index (χ0) is 14.7. The normalized spacial score (nSPS) is 13.2. The largest absolute Gasteiger partial charge is 0.486 e. The predicted octanol–water partition coefficient (Wildman–Crippen LogP) is 3.54. The zero-order valence-electron chi connectivity index (χ0n) is 11.4. The van der Waals surface area contributed by atoms with Gasteiger partial charge in [-0.25, -0.2) is 4.39 Å². The van der Waals surface area contributed by atoms with Crippen molar-refractivity contribution in [2.75, 3.05) is 13.2 Å². The minimum absolute atomic E-state index is 0.204. The Morgan fingerprint density at radius 3 is 2.76 bits per heavy atom. The molecule has 0 radical (unpaired) electrons. The second-order valence-electron chi connectivity index (χ2n) is 4.80. The van der Waals surface area contributed by atoms with Crippen LogP contribution in [0.2, 0.25) is 5.02 Å². The van der Waals surface area contributed by atoms with Crippen LogP contribution in [0.3, 0.4) is 0 Å². The van der Waals surface area contributed by atoms with Gasteiger partial charge in [0.25, 0.3) is 0 Å². The SMILES string of the molecule is Fc1ccccc1CNCc1cc(Cl)c2c(c1)OCCO2. The maximum Gasteiger partial charge on any atom is 0.179 e. The highest BCUT2D eigenvalue weighted by Gasteiger charge is 2.16. The Morgan fingerprint density at radius 1 is 1.10 bits per heavy atom. The van der Waals surface area contributed by atoms with E-state index in [-0.39, 0.29) is 5.82 Å². The fourth-order valence-electron chi connectivity index (χ4n) is 2.25. The lowest BCUT2D eigenvalue weighted by Crippen LogP contribution is -2.17. The number of benzene rings is 2. The minimum atomic E-state index is -0.204. The Bertz CT molecular complexity index is 648. The van der Waals surface area contributed by atoms with Gasteiger partial charge in [-0.2, -0.15) is 0 Å². The van der Waals surface area contributed by atoms with Crippen LogP contribution in [0.4, 0.5) is 4.39 Å².